The summed E-state index contributed by atoms with van der Waals surface area (Å²) in [5.41, 5.74) is 3.45. The van der Waals surface area contributed by atoms with Gasteiger partial charge in [-0.1, -0.05) is 26.0 Å². The molecule has 0 spiro atoms. The van der Waals surface area contributed by atoms with E-state index in [4.69, 9.17) is 18.9 Å². The van der Waals surface area contributed by atoms with Crippen molar-refractivity contribution in [1.82, 2.24) is 5.32 Å². The van der Waals surface area contributed by atoms with E-state index in [9.17, 15) is 4.79 Å². The summed E-state index contributed by atoms with van der Waals surface area (Å²) in [7, 11) is 1.62. The van der Waals surface area contributed by atoms with Crippen molar-refractivity contribution < 1.29 is 23.7 Å². The number of hydrogen-bond acceptors (Lipinski definition) is 6. The quantitative estimate of drug-likeness (QED) is 0.340. The molecule has 1 aliphatic rings. The van der Waals surface area contributed by atoms with Gasteiger partial charge in [-0.2, -0.15) is 0 Å². The van der Waals surface area contributed by atoms with Gasteiger partial charge in [0, 0.05) is 24.3 Å². The average Bonchev–Trinajstić information content (AvgIpc) is 3.33. The van der Waals surface area contributed by atoms with Crippen molar-refractivity contribution in [2.75, 3.05) is 25.8 Å². The van der Waals surface area contributed by atoms with Gasteiger partial charge in [0.25, 0.3) is 5.91 Å². The summed E-state index contributed by atoms with van der Waals surface area (Å²) in [6.45, 7) is 5.93. The molecule has 1 heterocycles. The smallest absolute Gasteiger partial charge is 0.251 e. The van der Waals surface area contributed by atoms with E-state index in [1.165, 1.54) is 0 Å². The van der Waals surface area contributed by atoms with E-state index >= 15 is 0 Å². The van der Waals surface area contributed by atoms with Crippen LogP contribution in [0.3, 0.4) is 0 Å². The maximum Gasteiger partial charge on any atom is 0.251 e. The van der Waals surface area contributed by atoms with Gasteiger partial charge < -0.3 is 29.6 Å². The van der Waals surface area contributed by atoms with Gasteiger partial charge in [-0.3, -0.25) is 4.79 Å². The Labute approximate surface area is 213 Å². The molecule has 0 atom stereocenters. The van der Waals surface area contributed by atoms with Gasteiger partial charge in [0.2, 0.25) is 6.79 Å². The zero-order valence-electron chi connectivity index (χ0n) is 20.0. The molecular weight excluding hydrogens is 512 g/mol. The number of halogens is 1. The van der Waals surface area contributed by atoms with Gasteiger partial charge in [-0.15, -0.1) is 0 Å². The van der Waals surface area contributed by atoms with Crippen LogP contribution in [0.15, 0.2) is 59.1 Å². The fourth-order valence-electron chi connectivity index (χ4n) is 3.58. The molecule has 0 unspecified atom stereocenters. The third-order valence-electron chi connectivity index (χ3n) is 5.40. The lowest BCUT2D eigenvalue weighted by molar-refractivity contribution is 0.0949. The summed E-state index contributed by atoms with van der Waals surface area (Å²) < 4.78 is 23.3. The fourth-order valence-corrected chi connectivity index (χ4v) is 4.18. The van der Waals surface area contributed by atoms with Crippen molar-refractivity contribution in [2.24, 2.45) is 5.92 Å². The summed E-state index contributed by atoms with van der Waals surface area (Å²) in [5.74, 6) is 3.04. The van der Waals surface area contributed by atoms with Crippen LogP contribution >= 0.6 is 15.9 Å². The first-order valence-electron chi connectivity index (χ1n) is 11.4. The van der Waals surface area contributed by atoms with Gasteiger partial charge in [0.15, 0.2) is 23.0 Å². The topological polar surface area (TPSA) is 78.1 Å². The molecule has 0 fully saturated rings. The van der Waals surface area contributed by atoms with E-state index in [0.29, 0.717) is 42.7 Å². The van der Waals surface area contributed by atoms with Gasteiger partial charge >= 0.3 is 0 Å². The lowest BCUT2D eigenvalue weighted by atomic mass is 10.1. The molecule has 3 aromatic carbocycles. The Morgan fingerprint density at radius 2 is 1.89 bits per heavy atom. The van der Waals surface area contributed by atoms with Crippen molar-refractivity contribution in [2.45, 2.75) is 27.0 Å². The van der Waals surface area contributed by atoms with Crippen LogP contribution in [-0.2, 0) is 13.2 Å². The lowest BCUT2D eigenvalue weighted by Crippen LogP contribution is -2.27. The molecule has 1 aliphatic heterocycles. The number of benzene rings is 3. The van der Waals surface area contributed by atoms with Crippen molar-refractivity contribution in [3.8, 4) is 23.0 Å². The first kappa shape index (κ1) is 24.7. The van der Waals surface area contributed by atoms with Crippen LogP contribution in [-0.4, -0.2) is 26.4 Å². The Balaban J connectivity index is 1.40. The maximum atomic E-state index is 12.4. The second-order valence-electron chi connectivity index (χ2n) is 8.62. The third kappa shape index (κ3) is 6.39. The zero-order chi connectivity index (χ0) is 24.8. The van der Waals surface area contributed by atoms with Crippen LogP contribution in [0, 0.1) is 5.92 Å². The van der Waals surface area contributed by atoms with E-state index in [1.807, 2.05) is 54.6 Å². The normalized spacial score (nSPS) is 11.9. The van der Waals surface area contributed by atoms with Crippen LogP contribution in [0.25, 0.3) is 0 Å². The second kappa shape index (κ2) is 11.4. The Kier molecular flexibility index (Phi) is 8.02. The van der Waals surface area contributed by atoms with E-state index in [-0.39, 0.29) is 12.7 Å². The molecule has 4 rings (SSSR count). The number of amides is 1. The van der Waals surface area contributed by atoms with Crippen LogP contribution in [0.1, 0.15) is 35.3 Å². The molecule has 0 aromatic heterocycles. The Hall–Kier alpha value is -3.39. The minimum Gasteiger partial charge on any atom is -0.493 e. The molecule has 0 saturated carbocycles. The molecular formula is C27H29BrN2O5. The Bertz CT molecular complexity index is 1200. The molecule has 0 saturated heterocycles. The highest BCUT2D eigenvalue weighted by Gasteiger charge is 2.16. The highest BCUT2D eigenvalue weighted by atomic mass is 79.9. The second-order valence-corrected chi connectivity index (χ2v) is 9.48. The van der Waals surface area contributed by atoms with Crippen molar-refractivity contribution in [1.29, 1.82) is 0 Å². The zero-order valence-corrected chi connectivity index (χ0v) is 21.6. The predicted molar refractivity (Wildman–Crippen MR) is 139 cm³/mol. The Morgan fingerprint density at radius 3 is 2.69 bits per heavy atom. The fraction of sp³-hybridized carbons (Fsp3) is 0.296. The standard InChI is InChI=1S/C27H29BrN2O5/c1-17(2)13-30-27(31)20-5-4-6-21(12-20)29-14-19-9-22(28)26(25(11-19)32-3)33-15-18-7-8-23-24(10-18)35-16-34-23/h4-12,17,29H,13-16H2,1-3H3,(H,30,31). The number of carbonyl (C=O) groups excluding carboxylic acids is 1. The van der Waals surface area contributed by atoms with E-state index < -0.39 is 0 Å². The average molecular weight is 541 g/mol. The van der Waals surface area contributed by atoms with Crippen LogP contribution in [0.4, 0.5) is 5.69 Å². The van der Waals surface area contributed by atoms with E-state index in [1.54, 1.807) is 7.11 Å². The maximum absolute atomic E-state index is 12.4. The molecule has 7 nitrogen and oxygen atoms in total. The number of anilines is 1. The number of carbonyl (C=O) groups is 1. The molecule has 2 N–H and O–H groups in total. The highest BCUT2D eigenvalue weighted by molar-refractivity contribution is 9.10. The molecule has 0 bridgehead atoms. The van der Waals surface area contributed by atoms with Gasteiger partial charge in [-0.25, -0.2) is 0 Å². The first-order valence-corrected chi connectivity index (χ1v) is 12.2. The molecule has 35 heavy (non-hydrogen) atoms. The molecule has 184 valence electrons. The predicted octanol–water partition coefficient (Wildman–Crippen LogP) is 5.76. The molecule has 0 radical (unpaired) electrons. The highest BCUT2D eigenvalue weighted by Crippen LogP contribution is 2.38. The SMILES string of the molecule is COc1cc(CNc2cccc(C(=O)NCC(C)C)c2)cc(Br)c1OCc1ccc2c(c1)OCO2. The van der Waals surface area contributed by atoms with E-state index in [0.717, 1.165) is 32.8 Å². The van der Waals surface area contributed by atoms with Gasteiger partial charge in [0.05, 0.1) is 11.6 Å². The minimum atomic E-state index is -0.0734. The molecule has 0 aliphatic carbocycles. The van der Waals surface area contributed by atoms with Crippen LogP contribution < -0.4 is 29.6 Å². The van der Waals surface area contributed by atoms with Crippen molar-refractivity contribution >= 4 is 27.5 Å². The summed E-state index contributed by atoms with van der Waals surface area (Å²) in [6.07, 6.45) is 0. The number of nitrogens with one attached hydrogen (secondary N) is 2. The van der Waals surface area contributed by atoms with Gasteiger partial charge in [-0.05, 0) is 75.4 Å². The van der Waals surface area contributed by atoms with Gasteiger partial charge in [0.1, 0.15) is 6.61 Å². The third-order valence-corrected chi connectivity index (χ3v) is 5.99. The number of hydrogen-bond donors (Lipinski definition) is 2. The lowest BCUT2D eigenvalue weighted by Gasteiger charge is -2.15. The first-order chi connectivity index (χ1) is 16.9. The van der Waals surface area contributed by atoms with Crippen LogP contribution in [0.2, 0.25) is 0 Å². The summed E-state index contributed by atoms with van der Waals surface area (Å²) in [6, 6.07) is 17.1. The summed E-state index contributed by atoms with van der Waals surface area (Å²) >= 11 is 3.62. The number of methoxy groups -OCH3 is 1. The van der Waals surface area contributed by atoms with Crippen molar-refractivity contribution in [3.63, 3.8) is 0 Å². The van der Waals surface area contributed by atoms with E-state index in [2.05, 4.69) is 40.4 Å². The van der Waals surface area contributed by atoms with Crippen molar-refractivity contribution in [3.05, 3.63) is 75.8 Å². The molecule has 1 amide bonds. The summed E-state index contributed by atoms with van der Waals surface area (Å²) in [4.78, 5) is 12.4. The monoisotopic (exact) mass is 540 g/mol. The molecule has 3 aromatic rings. The number of fused-ring (bicyclic) bond motifs is 1. The number of ether oxygens (including phenoxy) is 4. The Morgan fingerprint density at radius 1 is 1.06 bits per heavy atom. The number of rotatable bonds is 10. The summed E-state index contributed by atoms with van der Waals surface area (Å²) in [5, 5.41) is 6.33. The molecule has 8 heteroatoms. The largest absolute Gasteiger partial charge is 0.493 e. The minimum absolute atomic E-state index is 0.0734. The van der Waals surface area contributed by atoms with Crippen LogP contribution in [0.5, 0.6) is 23.0 Å².